The van der Waals surface area contributed by atoms with Crippen molar-refractivity contribution in [2.75, 3.05) is 29.9 Å². The molecule has 3 heterocycles. The number of ether oxygens (including phenoxy) is 1. The fourth-order valence-corrected chi connectivity index (χ4v) is 5.43. The molecule has 5 nitrogen and oxygen atoms in total. The Bertz CT molecular complexity index is 1200. The van der Waals surface area contributed by atoms with Gasteiger partial charge in [0.2, 0.25) is 0 Å². The van der Waals surface area contributed by atoms with Crippen LogP contribution in [-0.4, -0.2) is 29.7 Å². The van der Waals surface area contributed by atoms with Gasteiger partial charge in [-0.15, -0.1) is 11.3 Å². The van der Waals surface area contributed by atoms with Gasteiger partial charge in [0.1, 0.15) is 22.7 Å². The third-order valence-electron chi connectivity index (χ3n) is 5.97. The van der Waals surface area contributed by atoms with Crippen molar-refractivity contribution < 1.29 is 4.74 Å². The number of benzene rings is 2. The molecule has 0 saturated carbocycles. The zero-order valence-electron chi connectivity index (χ0n) is 18.6. The van der Waals surface area contributed by atoms with Crippen molar-refractivity contribution >= 4 is 38.7 Å². The van der Waals surface area contributed by atoms with E-state index in [1.807, 2.05) is 19.1 Å². The van der Waals surface area contributed by atoms with Gasteiger partial charge in [-0.3, -0.25) is 0 Å². The molecular formula is C26H28N4OS. The number of nitrogens with one attached hydrogen (secondary N) is 1. The number of hydrogen-bond donors (Lipinski definition) is 1. The molecule has 5 rings (SSSR count). The van der Waals surface area contributed by atoms with Gasteiger partial charge < -0.3 is 15.0 Å². The van der Waals surface area contributed by atoms with Crippen LogP contribution in [0.5, 0.6) is 5.75 Å². The van der Waals surface area contributed by atoms with E-state index in [1.165, 1.54) is 35.4 Å². The quantitative estimate of drug-likeness (QED) is 0.354. The smallest absolute Gasteiger partial charge is 0.143 e. The lowest BCUT2D eigenvalue weighted by Crippen LogP contribution is -2.29. The molecule has 32 heavy (non-hydrogen) atoms. The fourth-order valence-electron chi connectivity index (χ4n) is 4.42. The molecular weight excluding hydrogens is 416 g/mol. The van der Waals surface area contributed by atoms with Crippen molar-refractivity contribution in [2.24, 2.45) is 0 Å². The lowest BCUT2D eigenvalue weighted by molar-refractivity contribution is 0.340. The fraction of sp³-hybridized carbons (Fsp3) is 0.308. The Morgan fingerprint density at radius 1 is 0.969 bits per heavy atom. The van der Waals surface area contributed by atoms with Crippen molar-refractivity contribution in [3.63, 3.8) is 0 Å². The third-order valence-corrected chi connectivity index (χ3v) is 6.98. The molecule has 0 atom stereocenters. The van der Waals surface area contributed by atoms with Gasteiger partial charge in [-0.1, -0.05) is 12.1 Å². The topological polar surface area (TPSA) is 50.3 Å². The number of nitrogens with zero attached hydrogens (tertiary/aromatic N) is 3. The van der Waals surface area contributed by atoms with Crippen LogP contribution in [0.15, 0.2) is 54.9 Å². The summed E-state index contributed by atoms with van der Waals surface area (Å²) in [5, 5.41) is 4.61. The first-order valence-corrected chi connectivity index (χ1v) is 12.1. The van der Waals surface area contributed by atoms with Crippen LogP contribution in [0.2, 0.25) is 0 Å². The number of aromatic nitrogens is 2. The summed E-state index contributed by atoms with van der Waals surface area (Å²) in [6.45, 7) is 7.12. The molecule has 1 fully saturated rings. The highest BCUT2D eigenvalue weighted by Crippen LogP contribution is 2.41. The molecule has 0 radical (unpaired) electrons. The highest BCUT2D eigenvalue weighted by Gasteiger charge is 2.17. The molecule has 0 spiro atoms. The minimum absolute atomic E-state index is 0.665. The van der Waals surface area contributed by atoms with Gasteiger partial charge in [0.15, 0.2) is 0 Å². The predicted octanol–water partition coefficient (Wildman–Crippen LogP) is 6.80. The molecule has 0 aliphatic carbocycles. The summed E-state index contributed by atoms with van der Waals surface area (Å²) < 4.78 is 5.61. The summed E-state index contributed by atoms with van der Waals surface area (Å²) in [6, 6.07) is 17.0. The molecule has 1 N–H and O–H groups in total. The Hall–Kier alpha value is -3.12. The minimum atomic E-state index is 0.665. The van der Waals surface area contributed by atoms with Crippen LogP contribution in [0.25, 0.3) is 21.3 Å². The minimum Gasteiger partial charge on any atom is -0.494 e. The Morgan fingerprint density at radius 3 is 2.44 bits per heavy atom. The number of fused-ring (bicyclic) bond motifs is 1. The van der Waals surface area contributed by atoms with E-state index in [2.05, 4.69) is 63.5 Å². The highest BCUT2D eigenvalue weighted by atomic mass is 32.1. The van der Waals surface area contributed by atoms with Crippen LogP contribution in [0.1, 0.15) is 31.1 Å². The second kappa shape index (κ2) is 9.17. The third kappa shape index (κ3) is 4.15. The van der Waals surface area contributed by atoms with Gasteiger partial charge in [0, 0.05) is 34.9 Å². The maximum Gasteiger partial charge on any atom is 0.143 e. The standard InChI is InChI=1S/C26H28N4OS/c1-3-31-22-13-7-19(8-14-22)23-18(2)32-26-24(23)25(27-17-28-26)29-20-9-11-21(12-10-20)30-15-5-4-6-16-30/h7-14,17H,3-6,15-16H2,1-2H3,(H,27,28,29). The first kappa shape index (κ1) is 20.8. The van der Waals surface area contributed by atoms with Crippen LogP contribution >= 0.6 is 11.3 Å². The number of anilines is 3. The normalized spacial score (nSPS) is 14.0. The van der Waals surface area contributed by atoms with Crippen molar-refractivity contribution in [3.05, 3.63) is 59.7 Å². The van der Waals surface area contributed by atoms with Crippen molar-refractivity contribution in [2.45, 2.75) is 33.1 Å². The van der Waals surface area contributed by atoms with Gasteiger partial charge in [-0.25, -0.2) is 9.97 Å². The summed E-state index contributed by atoms with van der Waals surface area (Å²) >= 11 is 1.70. The number of hydrogen-bond acceptors (Lipinski definition) is 6. The number of aryl methyl sites for hydroxylation is 1. The molecule has 6 heteroatoms. The molecule has 2 aromatic carbocycles. The summed E-state index contributed by atoms with van der Waals surface area (Å²) in [4.78, 5) is 13.9. The predicted molar refractivity (Wildman–Crippen MR) is 135 cm³/mol. The average molecular weight is 445 g/mol. The van der Waals surface area contributed by atoms with E-state index in [4.69, 9.17) is 4.74 Å². The second-order valence-corrected chi connectivity index (χ2v) is 9.32. The Morgan fingerprint density at radius 2 is 1.72 bits per heavy atom. The molecule has 4 aromatic rings. The summed E-state index contributed by atoms with van der Waals surface area (Å²) in [5.41, 5.74) is 4.66. The van der Waals surface area contributed by atoms with E-state index in [0.29, 0.717) is 6.61 Å². The molecule has 0 amide bonds. The Balaban J connectivity index is 1.47. The molecule has 0 bridgehead atoms. The maximum absolute atomic E-state index is 5.61. The van der Waals surface area contributed by atoms with Gasteiger partial charge in [0.05, 0.1) is 12.0 Å². The van der Waals surface area contributed by atoms with E-state index in [9.17, 15) is 0 Å². The average Bonchev–Trinajstić information content (AvgIpc) is 3.18. The summed E-state index contributed by atoms with van der Waals surface area (Å²) in [7, 11) is 0. The van der Waals surface area contributed by atoms with Gasteiger partial charge in [-0.2, -0.15) is 0 Å². The number of piperidine rings is 1. The van der Waals surface area contributed by atoms with Crippen LogP contribution in [0.3, 0.4) is 0 Å². The van der Waals surface area contributed by atoms with Gasteiger partial charge >= 0.3 is 0 Å². The summed E-state index contributed by atoms with van der Waals surface area (Å²) in [6.07, 6.45) is 5.55. The molecule has 2 aromatic heterocycles. The zero-order valence-corrected chi connectivity index (χ0v) is 19.4. The largest absolute Gasteiger partial charge is 0.494 e. The molecule has 1 aliphatic heterocycles. The molecule has 164 valence electrons. The monoisotopic (exact) mass is 444 g/mol. The maximum atomic E-state index is 5.61. The van der Waals surface area contributed by atoms with E-state index in [0.717, 1.165) is 46.1 Å². The van der Waals surface area contributed by atoms with E-state index in [-0.39, 0.29) is 0 Å². The van der Waals surface area contributed by atoms with Crippen molar-refractivity contribution in [1.82, 2.24) is 9.97 Å². The van der Waals surface area contributed by atoms with Crippen molar-refractivity contribution in [3.8, 4) is 16.9 Å². The van der Waals surface area contributed by atoms with Crippen molar-refractivity contribution in [1.29, 1.82) is 0 Å². The number of thiophene rings is 1. The first-order valence-electron chi connectivity index (χ1n) is 11.3. The number of rotatable bonds is 6. The lowest BCUT2D eigenvalue weighted by Gasteiger charge is -2.28. The highest BCUT2D eigenvalue weighted by molar-refractivity contribution is 7.19. The van der Waals surface area contributed by atoms with E-state index in [1.54, 1.807) is 17.7 Å². The molecule has 1 aliphatic rings. The summed E-state index contributed by atoms with van der Waals surface area (Å²) in [5.74, 6) is 1.73. The Kier molecular flexibility index (Phi) is 5.95. The molecule has 0 unspecified atom stereocenters. The van der Waals surface area contributed by atoms with E-state index < -0.39 is 0 Å². The second-order valence-electron chi connectivity index (χ2n) is 8.11. The van der Waals surface area contributed by atoms with Crippen LogP contribution in [0, 0.1) is 6.92 Å². The van der Waals surface area contributed by atoms with Gasteiger partial charge in [-0.05, 0) is 75.1 Å². The Labute approximate surface area is 193 Å². The van der Waals surface area contributed by atoms with Crippen LogP contribution in [-0.2, 0) is 0 Å². The lowest BCUT2D eigenvalue weighted by atomic mass is 10.0. The van der Waals surface area contributed by atoms with E-state index >= 15 is 0 Å². The van der Waals surface area contributed by atoms with Gasteiger partial charge in [0.25, 0.3) is 0 Å². The SMILES string of the molecule is CCOc1ccc(-c2c(C)sc3ncnc(Nc4ccc(N5CCCCC5)cc4)c23)cc1. The first-order chi connectivity index (χ1) is 15.7. The van der Waals surface area contributed by atoms with Crippen LogP contribution in [0.4, 0.5) is 17.2 Å². The zero-order chi connectivity index (χ0) is 21.9. The molecule has 1 saturated heterocycles. The van der Waals surface area contributed by atoms with Crippen LogP contribution < -0.4 is 15.0 Å².